The highest BCUT2D eigenvalue weighted by Crippen LogP contribution is 2.24. The lowest BCUT2D eigenvalue weighted by Crippen LogP contribution is -2.46. The summed E-state index contributed by atoms with van der Waals surface area (Å²) < 4.78 is 7.66. The molecule has 24 heavy (non-hydrogen) atoms. The molecule has 0 N–H and O–H groups in total. The van der Waals surface area contributed by atoms with Crippen molar-refractivity contribution in [3.63, 3.8) is 0 Å². The lowest BCUT2D eigenvalue weighted by Gasteiger charge is -2.36. The van der Waals surface area contributed by atoms with Gasteiger partial charge < -0.3 is 9.64 Å². The summed E-state index contributed by atoms with van der Waals surface area (Å²) in [5.74, 6) is 1.05. The zero-order chi connectivity index (χ0) is 16.4. The molecule has 2 fully saturated rings. The number of hydrogen-bond acceptors (Lipinski definition) is 4. The fraction of sp³-hybridized carbons (Fsp3) is 0.778. The Labute approximate surface area is 143 Å². The summed E-state index contributed by atoms with van der Waals surface area (Å²) >= 11 is 0. The molecule has 6 nitrogen and oxygen atoms in total. The van der Waals surface area contributed by atoms with Crippen LogP contribution in [0.2, 0.25) is 0 Å². The van der Waals surface area contributed by atoms with Crippen LogP contribution in [0.4, 0.5) is 0 Å². The molecule has 0 aromatic carbocycles. The summed E-state index contributed by atoms with van der Waals surface area (Å²) in [6.07, 6.45) is 7.05. The number of amides is 1. The predicted molar refractivity (Wildman–Crippen MR) is 90.4 cm³/mol. The number of aromatic nitrogens is 2. The standard InChI is InChI=1S/C18H28N4O2/c23-18-2-1-8-20(18)13-16-4-9-22-17(3-7-19-22)14-21(16)12-15-5-10-24-11-6-15/h3,7,15-16H,1-2,4-6,8-14H2/t16-/m0/s1. The SMILES string of the molecule is O=C1CCCN1C[C@@H]1CCn2nccc2CN1CC1CCOCC1. The van der Waals surface area contributed by atoms with E-state index in [-0.39, 0.29) is 0 Å². The topological polar surface area (TPSA) is 50.6 Å². The van der Waals surface area contributed by atoms with Crippen LogP contribution in [0.15, 0.2) is 12.3 Å². The number of aryl methyl sites for hydroxylation is 1. The normalized spacial score (nSPS) is 26.6. The van der Waals surface area contributed by atoms with Crippen molar-refractivity contribution in [1.82, 2.24) is 19.6 Å². The summed E-state index contributed by atoms with van der Waals surface area (Å²) in [6.45, 7) is 6.62. The van der Waals surface area contributed by atoms with Crippen molar-refractivity contribution in [1.29, 1.82) is 0 Å². The highest BCUT2D eigenvalue weighted by molar-refractivity contribution is 5.78. The van der Waals surface area contributed by atoms with E-state index in [9.17, 15) is 4.79 Å². The first kappa shape index (κ1) is 16.1. The maximum absolute atomic E-state index is 12.1. The van der Waals surface area contributed by atoms with E-state index in [0.29, 0.717) is 17.9 Å². The number of nitrogens with zero attached hydrogens (tertiary/aromatic N) is 4. The predicted octanol–water partition coefficient (Wildman–Crippen LogP) is 1.51. The largest absolute Gasteiger partial charge is 0.381 e. The van der Waals surface area contributed by atoms with Crippen LogP contribution in [-0.4, -0.2) is 64.4 Å². The summed E-state index contributed by atoms with van der Waals surface area (Å²) in [7, 11) is 0. The molecule has 132 valence electrons. The van der Waals surface area contributed by atoms with Gasteiger partial charge in [0.1, 0.15) is 0 Å². The van der Waals surface area contributed by atoms with Crippen molar-refractivity contribution in [3.05, 3.63) is 18.0 Å². The molecule has 3 aliphatic rings. The van der Waals surface area contributed by atoms with E-state index in [0.717, 1.165) is 78.0 Å². The lowest BCUT2D eigenvalue weighted by atomic mass is 9.98. The van der Waals surface area contributed by atoms with Crippen molar-refractivity contribution in [2.45, 2.75) is 51.2 Å². The second kappa shape index (κ2) is 7.23. The monoisotopic (exact) mass is 332 g/mol. The molecule has 0 aliphatic carbocycles. The molecule has 1 atom stereocenters. The third kappa shape index (κ3) is 3.49. The van der Waals surface area contributed by atoms with Gasteiger partial charge in [0, 0.05) is 64.6 Å². The molecule has 1 amide bonds. The summed E-state index contributed by atoms with van der Waals surface area (Å²) in [5.41, 5.74) is 1.30. The zero-order valence-electron chi connectivity index (χ0n) is 14.4. The minimum absolute atomic E-state index is 0.336. The van der Waals surface area contributed by atoms with E-state index in [2.05, 4.69) is 25.6 Å². The van der Waals surface area contributed by atoms with Crippen LogP contribution in [0, 0.1) is 5.92 Å². The molecule has 4 rings (SSSR count). The molecule has 0 spiro atoms. The first-order valence-corrected chi connectivity index (χ1v) is 9.40. The van der Waals surface area contributed by atoms with Crippen molar-refractivity contribution in [2.24, 2.45) is 5.92 Å². The number of carbonyl (C=O) groups is 1. The Morgan fingerprint density at radius 1 is 1.17 bits per heavy atom. The average Bonchev–Trinajstić information content (AvgIpc) is 3.17. The molecular formula is C18H28N4O2. The van der Waals surface area contributed by atoms with Crippen molar-refractivity contribution in [2.75, 3.05) is 32.8 Å². The number of ether oxygens (including phenoxy) is 1. The Morgan fingerprint density at radius 3 is 2.83 bits per heavy atom. The van der Waals surface area contributed by atoms with Gasteiger partial charge in [-0.3, -0.25) is 14.4 Å². The van der Waals surface area contributed by atoms with Crippen LogP contribution in [0.25, 0.3) is 0 Å². The summed E-state index contributed by atoms with van der Waals surface area (Å²) in [6, 6.07) is 2.58. The highest BCUT2D eigenvalue weighted by atomic mass is 16.5. The van der Waals surface area contributed by atoms with Gasteiger partial charge in [0.05, 0.1) is 5.69 Å². The van der Waals surface area contributed by atoms with Gasteiger partial charge in [-0.25, -0.2) is 0 Å². The third-order valence-electron chi connectivity index (χ3n) is 5.80. The molecule has 0 saturated carbocycles. The Hall–Kier alpha value is -1.40. The van der Waals surface area contributed by atoms with Crippen molar-refractivity contribution < 1.29 is 9.53 Å². The Balaban J connectivity index is 1.48. The van der Waals surface area contributed by atoms with Crippen LogP contribution < -0.4 is 0 Å². The van der Waals surface area contributed by atoms with E-state index in [1.165, 1.54) is 5.69 Å². The number of rotatable bonds is 4. The fourth-order valence-electron chi connectivity index (χ4n) is 4.32. The molecule has 2 saturated heterocycles. The second-order valence-electron chi connectivity index (χ2n) is 7.42. The number of fused-ring (bicyclic) bond motifs is 1. The average molecular weight is 332 g/mol. The van der Waals surface area contributed by atoms with Gasteiger partial charge in [-0.2, -0.15) is 5.10 Å². The number of likely N-dealkylation sites (tertiary alicyclic amines) is 1. The van der Waals surface area contributed by atoms with E-state index in [1.807, 2.05) is 6.20 Å². The van der Waals surface area contributed by atoms with Gasteiger partial charge in [-0.15, -0.1) is 0 Å². The molecule has 6 heteroatoms. The molecule has 1 aromatic rings. The minimum atomic E-state index is 0.336. The molecule has 0 bridgehead atoms. The fourth-order valence-corrected chi connectivity index (χ4v) is 4.32. The number of hydrogen-bond donors (Lipinski definition) is 0. The quantitative estimate of drug-likeness (QED) is 0.839. The molecule has 1 aromatic heterocycles. The van der Waals surface area contributed by atoms with Gasteiger partial charge in [0.2, 0.25) is 5.91 Å². The van der Waals surface area contributed by atoms with E-state index < -0.39 is 0 Å². The molecule has 3 aliphatic heterocycles. The van der Waals surface area contributed by atoms with E-state index in [4.69, 9.17) is 4.74 Å². The van der Waals surface area contributed by atoms with Crippen LogP contribution in [0.3, 0.4) is 0 Å². The Kier molecular flexibility index (Phi) is 4.85. The zero-order valence-corrected chi connectivity index (χ0v) is 14.4. The minimum Gasteiger partial charge on any atom is -0.381 e. The van der Waals surface area contributed by atoms with Gasteiger partial charge in [-0.1, -0.05) is 0 Å². The van der Waals surface area contributed by atoms with Gasteiger partial charge in [0.15, 0.2) is 0 Å². The van der Waals surface area contributed by atoms with Crippen molar-refractivity contribution >= 4 is 5.91 Å². The molecule has 4 heterocycles. The van der Waals surface area contributed by atoms with E-state index >= 15 is 0 Å². The highest BCUT2D eigenvalue weighted by Gasteiger charge is 2.31. The Bertz CT molecular complexity index is 567. The first-order valence-electron chi connectivity index (χ1n) is 9.40. The number of carbonyl (C=O) groups excluding carboxylic acids is 1. The summed E-state index contributed by atoms with van der Waals surface area (Å²) in [4.78, 5) is 16.8. The molecular weight excluding hydrogens is 304 g/mol. The van der Waals surface area contributed by atoms with Crippen LogP contribution in [-0.2, 0) is 22.6 Å². The van der Waals surface area contributed by atoms with Gasteiger partial charge in [0.25, 0.3) is 0 Å². The maximum atomic E-state index is 12.1. The maximum Gasteiger partial charge on any atom is 0.222 e. The van der Waals surface area contributed by atoms with Crippen LogP contribution in [0.1, 0.15) is 37.8 Å². The van der Waals surface area contributed by atoms with E-state index in [1.54, 1.807) is 0 Å². The Morgan fingerprint density at radius 2 is 2.04 bits per heavy atom. The van der Waals surface area contributed by atoms with Crippen molar-refractivity contribution in [3.8, 4) is 0 Å². The molecule has 0 unspecified atom stereocenters. The second-order valence-corrected chi connectivity index (χ2v) is 7.42. The summed E-state index contributed by atoms with van der Waals surface area (Å²) in [5, 5.41) is 4.47. The molecule has 0 radical (unpaired) electrons. The third-order valence-corrected chi connectivity index (χ3v) is 5.80. The van der Waals surface area contributed by atoms with Gasteiger partial charge in [-0.05, 0) is 37.7 Å². The first-order chi connectivity index (χ1) is 11.8. The van der Waals surface area contributed by atoms with Gasteiger partial charge >= 0.3 is 0 Å². The van der Waals surface area contributed by atoms with Crippen LogP contribution in [0.5, 0.6) is 0 Å². The van der Waals surface area contributed by atoms with Crippen LogP contribution >= 0.6 is 0 Å². The lowest BCUT2D eigenvalue weighted by molar-refractivity contribution is -0.128. The smallest absolute Gasteiger partial charge is 0.222 e.